The van der Waals surface area contributed by atoms with Crippen molar-refractivity contribution in [3.8, 4) is 0 Å². The Kier molecular flexibility index (Phi) is 8.41. The molecule has 1 fully saturated rings. The van der Waals surface area contributed by atoms with Gasteiger partial charge in [-0.15, -0.1) is 0 Å². The lowest BCUT2D eigenvalue weighted by Gasteiger charge is -2.20. The lowest BCUT2D eigenvalue weighted by Crippen LogP contribution is -2.37. The number of ether oxygens (including phenoxy) is 1. The van der Waals surface area contributed by atoms with Gasteiger partial charge in [0.05, 0.1) is 11.7 Å². The number of hydrogen-bond donors (Lipinski definition) is 0. The van der Waals surface area contributed by atoms with Gasteiger partial charge in [-0.25, -0.2) is 9.69 Å². The summed E-state index contributed by atoms with van der Waals surface area (Å²) in [4.78, 5) is 34.2. The number of likely N-dealkylation sites (N-methyl/N-ethyl adjacent to an activating group) is 1. The monoisotopic (exact) mass is 509 g/mol. The second-order valence-electron chi connectivity index (χ2n) is 10.1. The molecule has 1 aliphatic rings. The number of rotatable bonds is 6. The first-order chi connectivity index (χ1) is 18.2. The van der Waals surface area contributed by atoms with Gasteiger partial charge in [0.1, 0.15) is 6.61 Å². The van der Waals surface area contributed by atoms with E-state index in [1.807, 2.05) is 79.5 Å². The van der Waals surface area contributed by atoms with Crippen molar-refractivity contribution in [2.45, 2.75) is 46.8 Å². The number of hydrogen-bond acceptors (Lipinski definition) is 3. The molecule has 0 bridgehead atoms. The Morgan fingerprint density at radius 2 is 1.50 bits per heavy atom. The summed E-state index contributed by atoms with van der Waals surface area (Å²) in [5.74, 6) is -0.325. The number of aryl methyl sites for hydroxylation is 2. The van der Waals surface area contributed by atoms with Crippen molar-refractivity contribution in [1.29, 1.82) is 0 Å². The molecular weight excluding hydrogens is 474 g/mol. The third kappa shape index (κ3) is 6.38. The summed E-state index contributed by atoms with van der Waals surface area (Å²) in [5, 5.41) is 0. The van der Waals surface area contributed by atoms with Crippen LogP contribution < -0.4 is 0 Å². The first-order valence-corrected chi connectivity index (χ1v) is 12.9. The number of carbonyl (C=O) groups is 2. The Bertz CT molecular complexity index is 1330. The van der Waals surface area contributed by atoms with E-state index in [9.17, 15) is 9.59 Å². The molecule has 0 N–H and O–H groups in total. The van der Waals surface area contributed by atoms with E-state index < -0.39 is 6.09 Å². The number of amides is 2. The fourth-order valence-corrected chi connectivity index (χ4v) is 4.27. The molecule has 1 unspecified atom stereocenters. The average molecular weight is 510 g/mol. The van der Waals surface area contributed by atoms with E-state index in [0.29, 0.717) is 12.1 Å². The SMILES string of the molecule is Cc1ccc(/C=C2/C(Cc3ccc(C)cc3)N(C)/C(=N/C(=O)C(C)C)N2C(=O)OCc2ccccc2)cc1. The number of benzene rings is 3. The molecule has 0 spiro atoms. The first kappa shape index (κ1) is 26.9. The molecule has 1 heterocycles. The number of carbonyl (C=O) groups excluding carboxylic acids is 2. The predicted octanol–water partition coefficient (Wildman–Crippen LogP) is 6.38. The van der Waals surface area contributed by atoms with Crippen molar-refractivity contribution >= 4 is 24.0 Å². The molecule has 38 heavy (non-hydrogen) atoms. The third-order valence-corrected chi connectivity index (χ3v) is 6.62. The molecule has 0 saturated carbocycles. The predicted molar refractivity (Wildman–Crippen MR) is 151 cm³/mol. The molecule has 3 aromatic rings. The second-order valence-corrected chi connectivity index (χ2v) is 10.1. The van der Waals surface area contributed by atoms with Crippen LogP contribution in [0.1, 0.15) is 41.7 Å². The zero-order valence-corrected chi connectivity index (χ0v) is 22.7. The molecule has 4 rings (SSSR count). The van der Waals surface area contributed by atoms with Crippen LogP contribution in [0.15, 0.2) is 89.6 Å². The minimum atomic E-state index is -0.569. The first-order valence-electron chi connectivity index (χ1n) is 12.9. The van der Waals surface area contributed by atoms with E-state index in [0.717, 1.165) is 22.3 Å². The summed E-state index contributed by atoms with van der Waals surface area (Å²) < 4.78 is 5.76. The van der Waals surface area contributed by atoms with Crippen molar-refractivity contribution in [2.75, 3.05) is 7.05 Å². The van der Waals surface area contributed by atoms with Crippen LogP contribution in [0.4, 0.5) is 4.79 Å². The summed E-state index contributed by atoms with van der Waals surface area (Å²) in [6.45, 7) is 7.81. The maximum Gasteiger partial charge on any atom is 0.421 e. The van der Waals surface area contributed by atoms with Gasteiger partial charge in [-0.05, 0) is 43.0 Å². The molecule has 0 aromatic heterocycles. The lowest BCUT2D eigenvalue weighted by molar-refractivity contribution is -0.120. The topological polar surface area (TPSA) is 62.2 Å². The van der Waals surface area contributed by atoms with E-state index in [-0.39, 0.29) is 30.4 Å². The van der Waals surface area contributed by atoms with Crippen LogP contribution >= 0.6 is 0 Å². The smallest absolute Gasteiger partial charge is 0.421 e. The van der Waals surface area contributed by atoms with Gasteiger partial charge in [0.25, 0.3) is 5.91 Å². The molecule has 6 nitrogen and oxygen atoms in total. The maximum atomic E-state index is 13.7. The summed E-state index contributed by atoms with van der Waals surface area (Å²) in [6, 6.07) is 25.8. The van der Waals surface area contributed by atoms with E-state index in [1.54, 1.807) is 13.8 Å². The van der Waals surface area contributed by atoms with Crippen LogP contribution in [-0.2, 0) is 22.6 Å². The summed E-state index contributed by atoms with van der Waals surface area (Å²) >= 11 is 0. The standard InChI is InChI=1S/C32H35N3O3/c1-22(2)30(36)33-31-34(5)28(19-25-15-11-23(3)12-16-25)29(20-26-17-13-24(4)14-18-26)35(31)32(37)38-21-27-9-7-6-8-10-27/h6-18,20,22,28H,19,21H2,1-5H3/b29-20-,33-31-. The molecule has 2 amide bonds. The Labute approximate surface area is 225 Å². The molecule has 1 aliphatic heterocycles. The van der Waals surface area contributed by atoms with Crippen molar-refractivity contribution < 1.29 is 14.3 Å². The van der Waals surface area contributed by atoms with Crippen LogP contribution in [-0.4, -0.2) is 40.8 Å². The molecule has 6 heteroatoms. The Balaban J connectivity index is 1.78. The minimum absolute atomic E-state index is 0.117. The van der Waals surface area contributed by atoms with Gasteiger partial charge < -0.3 is 9.64 Å². The number of aliphatic imine (C=N–C) groups is 1. The van der Waals surface area contributed by atoms with E-state index in [2.05, 4.69) is 36.2 Å². The van der Waals surface area contributed by atoms with Crippen LogP contribution in [0.5, 0.6) is 0 Å². The Hall–Kier alpha value is -4.19. The molecule has 1 atom stereocenters. The summed E-state index contributed by atoms with van der Waals surface area (Å²) in [5.41, 5.74) is 5.99. The van der Waals surface area contributed by atoms with Gasteiger partial charge in [-0.3, -0.25) is 4.79 Å². The quantitative estimate of drug-likeness (QED) is 0.387. The Morgan fingerprint density at radius 3 is 2.11 bits per heavy atom. The zero-order chi connectivity index (χ0) is 27.2. The largest absolute Gasteiger partial charge is 0.444 e. The van der Waals surface area contributed by atoms with E-state index in [4.69, 9.17) is 4.74 Å². The molecule has 0 aliphatic carbocycles. The van der Waals surface area contributed by atoms with Crippen molar-refractivity contribution in [3.05, 3.63) is 112 Å². The molecule has 0 radical (unpaired) electrons. The molecular formula is C32H35N3O3. The number of nitrogens with zero attached hydrogens (tertiary/aromatic N) is 3. The van der Waals surface area contributed by atoms with Crippen molar-refractivity contribution in [3.63, 3.8) is 0 Å². The number of guanidine groups is 1. The third-order valence-electron chi connectivity index (χ3n) is 6.62. The van der Waals surface area contributed by atoms with Crippen LogP contribution in [0, 0.1) is 19.8 Å². The second kappa shape index (κ2) is 11.9. The minimum Gasteiger partial charge on any atom is -0.444 e. The zero-order valence-electron chi connectivity index (χ0n) is 22.7. The lowest BCUT2D eigenvalue weighted by atomic mass is 10.0. The van der Waals surface area contributed by atoms with Gasteiger partial charge >= 0.3 is 6.09 Å². The highest BCUT2D eigenvalue weighted by molar-refractivity contribution is 6.05. The van der Waals surface area contributed by atoms with Gasteiger partial charge in [-0.2, -0.15) is 4.99 Å². The fourth-order valence-electron chi connectivity index (χ4n) is 4.27. The van der Waals surface area contributed by atoms with E-state index in [1.165, 1.54) is 10.5 Å². The normalized spacial score (nSPS) is 17.5. The molecule has 196 valence electrons. The van der Waals surface area contributed by atoms with Gasteiger partial charge in [0.15, 0.2) is 0 Å². The Morgan fingerprint density at radius 1 is 0.895 bits per heavy atom. The van der Waals surface area contributed by atoms with Gasteiger partial charge in [-0.1, -0.05) is 104 Å². The summed E-state index contributed by atoms with van der Waals surface area (Å²) in [7, 11) is 1.87. The van der Waals surface area contributed by atoms with Gasteiger partial charge in [0.2, 0.25) is 5.96 Å². The van der Waals surface area contributed by atoms with Crippen molar-refractivity contribution in [2.24, 2.45) is 10.9 Å². The maximum absolute atomic E-state index is 13.7. The van der Waals surface area contributed by atoms with Crippen LogP contribution in [0.3, 0.4) is 0 Å². The van der Waals surface area contributed by atoms with Crippen molar-refractivity contribution in [1.82, 2.24) is 9.80 Å². The fraction of sp³-hybridized carbons (Fsp3) is 0.281. The molecule has 1 saturated heterocycles. The molecule has 3 aromatic carbocycles. The summed E-state index contributed by atoms with van der Waals surface area (Å²) in [6.07, 6.45) is 2.05. The highest BCUT2D eigenvalue weighted by Gasteiger charge is 2.43. The highest BCUT2D eigenvalue weighted by atomic mass is 16.6. The highest BCUT2D eigenvalue weighted by Crippen LogP contribution is 2.31. The van der Waals surface area contributed by atoms with Gasteiger partial charge in [0, 0.05) is 13.0 Å². The van der Waals surface area contributed by atoms with Crippen LogP contribution in [0.2, 0.25) is 0 Å². The van der Waals surface area contributed by atoms with E-state index >= 15 is 0 Å². The van der Waals surface area contributed by atoms with Crippen LogP contribution in [0.25, 0.3) is 6.08 Å². The average Bonchev–Trinajstić information content (AvgIpc) is 3.15.